The van der Waals surface area contributed by atoms with Gasteiger partial charge in [-0.15, -0.1) is 0 Å². The molecule has 0 radical (unpaired) electrons. The second kappa shape index (κ2) is 7.97. The van der Waals surface area contributed by atoms with E-state index in [1.807, 2.05) is 6.92 Å². The maximum atomic E-state index is 14.6. The van der Waals surface area contributed by atoms with Crippen LogP contribution in [0, 0.1) is 18.7 Å². The molecule has 1 saturated carbocycles. The third kappa shape index (κ3) is 4.48. The molecule has 2 atom stereocenters. The molecule has 1 aliphatic carbocycles. The molecular formula is C19H25FN6O2. The quantitative estimate of drug-likeness (QED) is 0.546. The van der Waals surface area contributed by atoms with Crippen molar-refractivity contribution in [3.05, 3.63) is 35.3 Å². The number of anilines is 3. The average molecular weight is 388 g/mol. The molecule has 0 aliphatic heterocycles. The van der Waals surface area contributed by atoms with Gasteiger partial charge in [-0.2, -0.15) is 0 Å². The number of hydrogen-bond donors (Lipinski definition) is 4. The van der Waals surface area contributed by atoms with Crippen molar-refractivity contribution in [2.75, 3.05) is 17.7 Å². The number of pyridine rings is 2. The van der Waals surface area contributed by atoms with Crippen molar-refractivity contribution in [3.63, 3.8) is 0 Å². The van der Waals surface area contributed by atoms with Gasteiger partial charge in [0.15, 0.2) is 11.6 Å². The van der Waals surface area contributed by atoms with Gasteiger partial charge in [-0.05, 0) is 44.7 Å². The van der Waals surface area contributed by atoms with Crippen LogP contribution in [0.2, 0.25) is 0 Å². The molecule has 0 unspecified atom stereocenters. The number of carbonyl (C=O) groups excluding carboxylic acids is 1. The van der Waals surface area contributed by atoms with Gasteiger partial charge in [0, 0.05) is 29.5 Å². The Labute approximate surface area is 162 Å². The molecule has 2 heterocycles. The zero-order valence-corrected chi connectivity index (χ0v) is 16.1. The highest BCUT2D eigenvalue weighted by Crippen LogP contribution is 2.36. The molecule has 9 heteroatoms. The van der Waals surface area contributed by atoms with Crippen LogP contribution in [0.25, 0.3) is 0 Å². The first-order valence-corrected chi connectivity index (χ1v) is 9.10. The summed E-state index contributed by atoms with van der Waals surface area (Å²) in [7, 11) is 1.50. The number of halogens is 1. The van der Waals surface area contributed by atoms with Gasteiger partial charge in [0.2, 0.25) is 5.88 Å². The number of aryl methyl sites for hydroxylation is 1. The summed E-state index contributed by atoms with van der Waals surface area (Å²) in [5.74, 6) is -0.490. The minimum absolute atomic E-state index is 0.0273. The molecule has 1 fully saturated rings. The molecule has 28 heavy (non-hydrogen) atoms. The number of amides is 1. The summed E-state index contributed by atoms with van der Waals surface area (Å²) >= 11 is 0. The monoisotopic (exact) mass is 388 g/mol. The van der Waals surface area contributed by atoms with Crippen LogP contribution < -0.4 is 26.8 Å². The number of rotatable bonds is 8. The number of nitrogens with two attached hydrogens (primary N) is 2. The lowest BCUT2D eigenvalue weighted by Crippen LogP contribution is -2.40. The highest BCUT2D eigenvalue weighted by Gasteiger charge is 2.34. The molecule has 3 rings (SSSR count). The van der Waals surface area contributed by atoms with Gasteiger partial charge >= 0.3 is 0 Å². The number of aromatic nitrogens is 2. The van der Waals surface area contributed by atoms with Crippen molar-refractivity contribution in [1.82, 2.24) is 9.97 Å². The summed E-state index contributed by atoms with van der Waals surface area (Å²) < 4.78 is 19.7. The molecule has 150 valence electrons. The second-order valence-corrected chi connectivity index (χ2v) is 7.11. The van der Waals surface area contributed by atoms with Gasteiger partial charge in [0.25, 0.3) is 5.91 Å². The van der Waals surface area contributed by atoms with Gasteiger partial charge in [-0.3, -0.25) is 4.79 Å². The maximum Gasteiger partial charge on any atom is 0.252 e. The van der Waals surface area contributed by atoms with E-state index in [1.165, 1.54) is 7.11 Å². The van der Waals surface area contributed by atoms with E-state index >= 15 is 0 Å². The Bertz CT molecular complexity index is 883. The van der Waals surface area contributed by atoms with Crippen molar-refractivity contribution in [2.24, 2.45) is 17.4 Å². The van der Waals surface area contributed by atoms with E-state index in [0.717, 1.165) is 18.9 Å². The summed E-state index contributed by atoms with van der Waals surface area (Å²) in [4.78, 5) is 20.3. The first-order chi connectivity index (χ1) is 13.3. The van der Waals surface area contributed by atoms with Gasteiger partial charge in [0.1, 0.15) is 5.82 Å². The fraction of sp³-hybridized carbons (Fsp3) is 0.421. The molecular weight excluding hydrogens is 363 g/mol. The molecule has 6 N–H and O–H groups in total. The summed E-state index contributed by atoms with van der Waals surface area (Å²) in [5.41, 5.74) is 12.7. The third-order valence-corrected chi connectivity index (χ3v) is 4.64. The Morgan fingerprint density at radius 2 is 2.00 bits per heavy atom. The molecule has 0 spiro atoms. The molecule has 0 saturated heterocycles. The highest BCUT2D eigenvalue weighted by molar-refractivity contribution is 5.98. The number of carbonyl (C=O) groups is 1. The predicted octanol–water partition coefficient (Wildman–Crippen LogP) is 2.31. The molecule has 8 nitrogen and oxygen atoms in total. The van der Waals surface area contributed by atoms with Crippen LogP contribution in [0.5, 0.6) is 5.88 Å². The summed E-state index contributed by atoms with van der Waals surface area (Å²) in [6.45, 7) is 3.67. The van der Waals surface area contributed by atoms with Crippen LogP contribution in [0.3, 0.4) is 0 Å². The molecule has 2 aromatic rings. The van der Waals surface area contributed by atoms with Crippen LogP contribution in [-0.4, -0.2) is 35.1 Å². The van der Waals surface area contributed by atoms with Crippen molar-refractivity contribution in [1.29, 1.82) is 0 Å². The zero-order valence-electron chi connectivity index (χ0n) is 16.1. The Kier molecular flexibility index (Phi) is 5.64. The number of ether oxygens (including phenoxy) is 1. The largest absolute Gasteiger partial charge is 0.481 e. The van der Waals surface area contributed by atoms with E-state index in [9.17, 15) is 9.18 Å². The van der Waals surface area contributed by atoms with Gasteiger partial charge in [-0.25, -0.2) is 14.4 Å². The van der Waals surface area contributed by atoms with Crippen LogP contribution in [0.4, 0.5) is 21.7 Å². The third-order valence-electron chi connectivity index (χ3n) is 4.64. The Hall–Kier alpha value is -2.94. The first kappa shape index (κ1) is 19.8. The lowest BCUT2D eigenvalue weighted by atomic mass is 10.1. The number of nitrogens with zero attached hydrogens (tertiary/aromatic N) is 2. The van der Waals surface area contributed by atoms with Gasteiger partial charge < -0.3 is 26.8 Å². The Balaban J connectivity index is 1.96. The minimum atomic E-state index is -0.788. The minimum Gasteiger partial charge on any atom is -0.481 e. The van der Waals surface area contributed by atoms with Crippen LogP contribution in [0.15, 0.2) is 18.2 Å². The van der Waals surface area contributed by atoms with E-state index in [-0.39, 0.29) is 29.3 Å². The van der Waals surface area contributed by atoms with Crippen molar-refractivity contribution < 1.29 is 13.9 Å². The van der Waals surface area contributed by atoms with Crippen LogP contribution in [-0.2, 0) is 0 Å². The lowest BCUT2D eigenvalue weighted by molar-refractivity contribution is 0.100. The van der Waals surface area contributed by atoms with E-state index in [4.69, 9.17) is 16.2 Å². The number of nitrogens with one attached hydrogen (secondary N) is 2. The smallest absolute Gasteiger partial charge is 0.252 e. The zero-order chi connectivity index (χ0) is 20.4. The predicted molar refractivity (Wildman–Crippen MR) is 105 cm³/mol. The Morgan fingerprint density at radius 1 is 1.29 bits per heavy atom. The summed E-state index contributed by atoms with van der Waals surface area (Å²) in [5, 5.41) is 6.11. The highest BCUT2D eigenvalue weighted by atomic mass is 19.1. The molecule has 0 bridgehead atoms. The van der Waals surface area contributed by atoms with Crippen LogP contribution in [0.1, 0.15) is 35.8 Å². The maximum absolute atomic E-state index is 14.6. The molecule has 2 aromatic heterocycles. The van der Waals surface area contributed by atoms with E-state index in [0.29, 0.717) is 23.2 Å². The van der Waals surface area contributed by atoms with E-state index in [1.54, 1.807) is 19.1 Å². The summed E-state index contributed by atoms with van der Waals surface area (Å²) in [6, 6.07) is 4.20. The fourth-order valence-electron chi connectivity index (χ4n) is 3.12. The number of primary amides is 1. The topological polar surface area (TPSA) is 128 Å². The number of methoxy groups -OCH3 is 1. The van der Waals surface area contributed by atoms with Crippen molar-refractivity contribution in [3.8, 4) is 5.88 Å². The number of hydrogen-bond acceptors (Lipinski definition) is 7. The van der Waals surface area contributed by atoms with Crippen LogP contribution >= 0.6 is 0 Å². The standard InChI is InChI=1S/C19H25FN6O2/c1-9-6-12(7-15(23-9)28-3)24-18-13(17(22)27)8-14(20)19(26-18)25-16(10(2)21)11-4-5-11/h6-8,10-11,16H,4-5,21H2,1-3H3,(H2,22,27)(H2,23,24,25,26)/t10-,16-/m0/s1. The van der Waals surface area contributed by atoms with Gasteiger partial charge in [-0.1, -0.05) is 0 Å². The summed E-state index contributed by atoms with van der Waals surface area (Å²) in [6.07, 6.45) is 2.09. The molecule has 1 aliphatic rings. The lowest BCUT2D eigenvalue weighted by Gasteiger charge is -2.23. The van der Waals surface area contributed by atoms with Crippen molar-refractivity contribution in [2.45, 2.75) is 38.8 Å². The van der Waals surface area contributed by atoms with Gasteiger partial charge in [0.05, 0.1) is 12.7 Å². The second-order valence-electron chi connectivity index (χ2n) is 7.11. The first-order valence-electron chi connectivity index (χ1n) is 9.10. The normalized spacial score (nSPS) is 15.6. The molecule has 1 amide bonds. The average Bonchev–Trinajstić information content (AvgIpc) is 3.45. The van der Waals surface area contributed by atoms with E-state index < -0.39 is 11.7 Å². The van der Waals surface area contributed by atoms with E-state index in [2.05, 4.69) is 20.6 Å². The fourth-order valence-corrected chi connectivity index (χ4v) is 3.12. The Morgan fingerprint density at radius 3 is 2.57 bits per heavy atom. The van der Waals surface area contributed by atoms with Crippen molar-refractivity contribution >= 4 is 23.2 Å². The molecule has 0 aromatic carbocycles. The SMILES string of the molecule is COc1cc(Nc2nc(N[C@H](C3CC3)[C@H](C)N)c(F)cc2C(N)=O)cc(C)n1.